The molecule has 0 saturated carbocycles. The van der Waals surface area contributed by atoms with Gasteiger partial charge in [-0.1, -0.05) is 0 Å². The molecule has 2 aliphatic rings. The van der Waals surface area contributed by atoms with Gasteiger partial charge in [0.15, 0.2) is 5.82 Å². The Hall–Kier alpha value is -2.22. The largest absolute Gasteiger partial charge is 0.383 e. The minimum Gasteiger partial charge on any atom is -0.383 e. The molecule has 3 heterocycles. The summed E-state index contributed by atoms with van der Waals surface area (Å²) in [4.78, 5) is 29.9. The predicted molar refractivity (Wildman–Crippen MR) is 87.3 cm³/mol. The van der Waals surface area contributed by atoms with E-state index in [0.29, 0.717) is 39.1 Å². The average Bonchev–Trinajstić information content (AvgIpc) is 2.78. The molecule has 2 saturated heterocycles. The number of hydrogen-bond acceptors (Lipinski definition) is 6. The van der Waals surface area contributed by atoms with Gasteiger partial charge in [-0.2, -0.15) is 5.10 Å². The van der Waals surface area contributed by atoms with Crippen LogP contribution in [0.3, 0.4) is 0 Å². The van der Waals surface area contributed by atoms with Crippen LogP contribution in [0.5, 0.6) is 0 Å². The first-order chi connectivity index (χ1) is 11.6. The molecule has 0 bridgehead atoms. The van der Waals surface area contributed by atoms with Crippen molar-refractivity contribution in [1.82, 2.24) is 20.0 Å². The Morgan fingerprint density at radius 2 is 2.00 bits per heavy atom. The summed E-state index contributed by atoms with van der Waals surface area (Å²) in [6.07, 6.45) is 2.80. The Bertz CT molecular complexity index is 574. The number of likely N-dealkylation sites (tertiary alicyclic amines) is 1. The summed E-state index contributed by atoms with van der Waals surface area (Å²) in [7, 11) is 0. The number of aliphatic hydroxyl groups is 1. The van der Waals surface area contributed by atoms with Gasteiger partial charge in [0.05, 0.1) is 6.54 Å². The second-order valence-electron chi connectivity index (χ2n) is 6.22. The van der Waals surface area contributed by atoms with Crippen molar-refractivity contribution in [3.8, 4) is 0 Å². The average molecular weight is 333 g/mol. The van der Waals surface area contributed by atoms with Gasteiger partial charge in [-0.3, -0.25) is 9.59 Å². The van der Waals surface area contributed by atoms with Crippen molar-refractivity contribution < 1.29 is 14.7 Å². The highest BCUT2D eigenvalue weighted by Crippen LogP contribution is 2.14. The monoisotopic (exact) mass is 333 g/mol. The van der Waals surface area contributed by atoms with Gasteiger partial charge in [0.2, 0.25) is 5.91 Å². The zero-order valence-electron chi connectivity index (χ0n) is 13.7. The highest BCUT2D eigenvalue weighted by Gasteiger charge is 2.29. The Morgan fingerprint density at radius 3 is 2.71 bits per heavy atom. The molecule has 8 nitrogen and oxygen atoms in total. The summed E-state index contributed by atoms with van der Waals surface area (Å²) in [6, 6.07) is 3.75. The van der Waals surface area contributed by atoms with E-state index in [4.69, 9.17) is 0 Å². The second-order valence-corrected chi connectivity index (χ2v) is 6.22. The van der Waals surface area contributed by atoms with Crippen molar-refractivity contribution in [3.05, 3.63) is 18.3 Å². The molecule has 1 atom stereocenters. The molecule has 2 fully saturated rings. The van der Waals surface area contributed by atoms with Crippen LogP contribution < -0.4 is 4.90 Å². The van der Waals surface area contributed by atoms with E-state index >= 15 is 0 Å². The molecule has 8 heteroatoms. The van der Waals surface area contributed by atoms with E-state index in [1.54, 1.807) is 11.1 Å². The smallest absolute Gasteiger partial charge is 0.251 e. The number of hydrogen-bond donors (Lipinski definition) is 1. The maximum atomic E-state index is 12.5. The fraction of sp³-hybridized carbons (Fsp3) is 0.625. The molecule has 0 spiro atoms. The molecule has 2 aliphatic heterocycles. The van der Waals surface area contributed by atoms with E-state index in [-0.39, 0.29) is 18.4 Å². The van der Waals surface area contributed by atoms with Crippen molar-refractivity contribution in [2.75, 3.05) is 44.2 Å². The molecule has 0 radical (unpaired) electrons. The van der Waals surface area contributed by atoms with Crippen LogP contribution in [-0.2, 0) is 9.59 Å². The first kappa shape index (κ1) is 16.6. The number of aromatic nitrogens is 2. The quantitative estimate of drug-likeness (QED) is 0.802. The number of carbonyl (C=O) groups excluding carboxylic acids is 2. The fourth-order valence-corrected chi connectivity index (χ4v) is 3.15. The van der Waals surface area contributed by atoms with Gasteiger partial charge in [0, 0.05) is 38.9 Å². The fourth-order valence-electron chi connectivity index (χ4n) is 3.15. The molecule has 1 aromatic heterocycles. The summed E-state index contributed by atoms with van der Waals surface area (Å²) >= 11 is 0. The number of nitrogens with zero attached hydrogens (tertiary/aromatic N) is 5. The van der Waals surface area contributed by atoms with Crippen LogP contribution in [0.2, 0.25) is 0 Å². The van der Waals surface area contributed by atoms with Crippen LogP contribution in [0.4, 0.5) is 5.82 Å². The van der Waals surface area contributed by atoms with Gasteiger partial charge in [0.1, 0.15) is 6.10 Å². The molecule has 130 valence electrons. The summed E-state index contributed by atoms with van der Waals surface area (Å²) in [5, 5.41) is 17.7. The molecule has 24 heavy (non-hydrogen) atoms. The zero-order chi connectivity index (χ0) is 16.9. The van der Waals surface area contributed by atoms with E-state index in [0.717, 1.165) is 18.7 Å². The number of aliphatic hydroxyl groups excluding tert-OH is 1. The van der Waals surface area contributed by atoms with Gasteiger partial charge in [-0.05, 0) is 31.4 Å². The standard InChI is InChI=1S/C16H23N5O3/c22-13-4-1-2-7-21(16(13)24)12-15(23)20-10-8-19(9-11-20)14-5-3-6-17-18-14/h3,5-6,13,22H,1-2,4,7-12H2. The summed E-state index contributed by atoms with van der Waals surface area (Å²) < 4.78 is 0. The third-order valence-corrected chi connectivity index (χ3v) is 4.59. The third kappa shape index (κ3) is 3.81. The molecule has 3 rings (SSSR count). The molecule has 0 aliphatic carbocycles. The summed E-state index contributed by atoms with van der Waals surface area (Å²) in [5.74, 6) is 0.436. The lowest BCUT2D eigenvalue weighted by Crippen LogP contribution is -2.52. The topological polar surface area (TPSA) is 89.9 Å². The second kappa shape index (κ2) is 7.57. The molecule has 1 N–H and O–H groups in total. The van der Waals surface area contributed by atoms with Crippen molar-refractivity contribution in [1.29, 1.82) is 0 Å². The van der Waals surface area contributed by atoms with Crippen LogP contribution in [0.15, 0.2) is 18.3 Å². The third-order valence-electron chi connectivity index (χ3n) is 4.59. The predicted octanol–water partition coefficient (Wildman–Crippen LogP) is -0.501. The number of amides is 2. The first-order valence-corrected chi connectivity index (χ1v) is 8.42. The Morgan fingerprint density at radius 1 is 1.21 bits per heavy atom. The van der Waals surface area contributed by atoms with E-state index in [1.807, 2.05) is 12.1 Å². The van der Waals surface area contributed by atoms with Crippen molar-refractivity contribution in [2.45, 2.75) is 25.4 Å². The lowest BCUT2D eigenvalue weighted by atomic mass is 10.2. The number of anilines is 1. The van der Waals surface area contributed by atoms with Crippen LogP contribution in [-0.4, -0.2) is 82.3 Å². The van der Waals surface area contributed by atoms with Crippen molar-refractivity contribution in [3.63, 3.8) is 0 Å². The highest BCUT2D eigenvalue weighted by atomic mass is 16.3. The first-order valence-electron chi connectivity index (χ1n) is 8.42. The van der Waals surface area contributed by atoms with Crippen molar-refractivity contribution >= 4 is 17.6 Å². The zero-order valence-corrected chi connectivity index (χ0v) is 13.7. The lowest BCUT2D eigenvalue weighted by molar-refractivity contribution is -0.145. The van der Waals surface area contributed by atoms with E-state index in [2.05, 4.69) is 15.1 Å². The van der Waals surface area contributed by atoms with Crippen LogP contribution in [0, 0.1) is 0 Å². The van der Waals surface area contributed by atoms with Gasteiger partial charge in [-0.15, -0.1) is 5.10 Å². The van der Waals surface area contributed by atoms with Gasteiger partial charge < -0.3 is 19.8 Å². The van der Waals surface area contributed by atoms with Crippen LogP contribution in [0.1, 0.15) is 19.3 Å². The molecular weight excluding hydrogens is 310 g/mol. The van der Waals surface area contributed by atoms with E-state index < -0.39 is 6.10 Å². The molecular formula is C16H23N5O3. The molecule has 0 aromatic carbocycles. The lowest BCUT2D eigenvalue weighted by Gasteiger charge is -2.36. The Balaban J connectivity index is 1.52. The minimum atomic E-state index is -0.964. The van der Waals surface area contributed by atoms with Gasteiger partial charge in [0.25, 0.3) is 5.91 Å². The molecule has 1 unspecified atom stereocenters. The number of piperazine rings is 1. The molecule has 1 aromatic rings. The van der Waals surface area contributed by atoms with Crippen LogP contribution >= 0.6 is 0 Å². The van der Waals surface area contributed by atoms with E-state index in [1.165, 1.54) is 4.90 Å². The Kier molecular flexibility index (Phi) is 5.24. The van der Waals surface area contributed by atoms with E-state index in [9.17, 15) is 14.7 Å². The summed E-state index contributed by atoms with van der Waals surface area (Å²) in [6.45, 7) is 3.18. The van der Waals surface area contributed by atoms with Crippen molar-refractivity contribution in [2.24, 2.45) is 0 Å². The highest BCUT2D eigenvalue weighted by molar-refractivity contribution is 5.87. The SMILES string of the molecule is O=C(CN1CCCCC(O)C1=O)N1CCN(c2cccnn2)CC1. The molecule has 2 amide bonds. The van der Waals surface area contributed by atoms with Gasteiger partial charge >= 0.3 is 0 Å². The van der Waals surface area contributed by atoms with Gasteiger partial charge in [-0.25, -0.2) is 0 Å². The maximum Gasteiger partial charge on any atom is 0.251 e. The summed E-state index contributed by atoms with van der Waals surface area (Å²) in [5.41, 5.74) is 0. The van der Waals surface area contributed by atoms with Crippen LogP contribution in [0.25, 0.3) is 0 Å². The normalized spacial score (nSPS) is 22.5. The maximum absolute atomic E-state index is 12.5. The minimum absolute atomic E-state index is 0.0566. The number of carbonyl (C=O) groups is 2. The number of rotatable bonds is 3. The Labute approximate surface area is 141 Å².